The third-order valence-corrected chi connectivity index (χ3v) is 3.83. The van der Waals surface area contributed by atoms with Crippen molar-refractivity contribution in [2.45, 2.75) is 59.0 Å². The number of rotatable bonds is 7. The monoisotopic (exact) mass is 291 g/mol. The summed E-state index contributed by atoms with van der Waals surface area (Å²) in [5.74, 6) is 2.48. The van der Waals surface area contributed by atoms with E-state index in [0.29, 0.717) is 6.61 Å². The zero-order valence-corrected chi connectivity index (χ0v) is 13.9. The van der Waals surface area contributed by atoms with Crippen LogP contribution in [0, 0.1) is 5.92 Å². The van der Waals surface area contributed by atoms with E-state index in [4.69, 9.17) is 9.47 Å². The molecule has 0 unspecified atom stereocenters. The van der Waals surface area contributed by atoms with E-state index in [1.165, 1.54) is 24.8 Å². The first-order chi connectivity index (χ1) is 9.98. The van der Waals surface area contributed by atoms with Gasteiger partial charge in [0, 0.05) is 12.1 Å². The van der Waals surface area contributed by atoms with Crippen LogP contribution >= 0.6 is 0 Å². The summed E-state index contributed by atoms with van der Waals surface area (Å²) in [6.45, 7) is 10.9. The minimum atomic E-state index is 0.116. The highest BCUT2D eigenvalue weighted by Gasteiger charge is 2.19. The topological polar surface area (TPSA) is 30.5 Å². The van der Waals surface area contributed by atoms with Gasteiger partial charge in [0.2, 0.25) is 0 Å². The second-order valence-corrected chi connectivity index (χ2v) is 6.93. The van der Waals surface area contributed by atoms with Gasteiger partial charge in [0.15, 0.2) is 11.5 Å². The Morgan fingerprint density at radius 3 is 2.48 bits per heavy atom. The van der Waals surface area contributed by atoms with Crippen molar-refractivity contribution in [2.24, 2.45) is 5.92 Å². The lowest BCUT2D eigenvalue weighted by Gasteiger charge is -2.26. The fraction of sp³-hybridized carbons (Fsp3) is 0.667. The zero-order valence-electron chi connectivity index (χ0n) is 13.9. The molecule has 1 saturated carbocycles. The molecule has 1 aromatic carbocycles. The first-order valence-electron chi connectivity index (χ1n) is 8.11. The molecule has 0 bridgehead atoms. The summed E-state index contributed by atoms with van der Waals surface area (Å²) in [7, 11) is 0. The fourth-order valence-electron chi connectivity index (χ4n) is 2.28. The minimum absolute atomic E-state index is 0.116. The van der Waals surface area contributed by atoms with Crippen LogP contribution in [-0.4, -0.2) is 18.8 Å². The lowest BCUT2D eigenvalue weighted by molar-refractivity contribution is 0.174. The van der Waals surface area contributed by atoms with Crippen molar-refractivity contribution in [1.82, 2.24) is 5.32 Å². The van der Waals surface area contributed by atoms with E-state index in [-0.39, 0.29) is 5.54 Å². The van der Waals surface area contributed by atoms with E-state index in [1.807, 2.05) is 13.0 Å². The van der Waals surface area contributed by atoms with E-state index in [0.717, 1.165) is 30.6 Å². The average molecular weight is 291 g/mol. The Kier molecular flexibility index (Phi) is 5.51. The molecular formula is C18H29NO2. The molecule has 1 fully saturated rings. The van der Waals surface area contributed by atoms with Crippen LogP contribution in [-0.2, 0) is 6.54 Å². The highest BCUT2D eigenvalue weighted by molar-refractivity contribution is 5.43. The van der Waals surface area contributed by atoms with Gasteiger partial charge in [0.05, 0.1) is 13.2 Å². The van der Waals surface area contributed by atoms with Crippen molar-refractivity contribution in [3.8, 4) is 11.5 Å². The molecule has 3 nitrogen and oxygen atoms in total. The zero-order chi connectivity index (χ0) is 15.3. The van der Waals surface area contributed by atoms with Crippen LogP contribution in [0.15, 0.2) is 18.2 Å². The Morgan fingerprint density at radius 2 is 1.90 bits per heavy atom. The van der Waals surface area contributed by atoms with Crippen LogP contribution in [0.25, 0.3) is 0 Å². The number of hydrogen-bond acceptors (Lipinski definition) is 3. The molecule has 1 aliphatic carbocycles. The normalized spacial score (nSPS) is 15.6. The quantitative estimate of drug-likeness (QED) is 0.818. The number of hydrogen-bond donors (Lipinski definition) is 1. The predicted octanol–water partition coefficient (Wildman–Crippen LogP) is 4.15. The van der Waals surface area contributed by atoms with Gasteiger partial charge in [-0.15, -0.1) is 0 Å². The van der Waals surface area contributed by atoms with Crippen LogP contribution in [0.1, 0.15) is 52.5 Å². The van der Waals surface area contributed by atoms with Crippen LogP contribution < -0.4 is 14.8 Å². The summed E-state index contributed by atoms with van der Waals surface area (Å²) in [4.78, 5) is 0. The Bertz CT molecular complexity index is 447. The molecule has 0 amide bonds. The van der Waals surface area contributed by atoms with Gasteiger partial charge in [-0.1, -0.05) is 12.5 Å². The van der Waals surface area contributed by atoms with Gasteiger partial charge < -0.3 is 14.8 Å². The minimum Gasteiger partial charge on any atom is -0.490 e. The van der Waals surface area contributed by atoms with E-state index in [9.17, 15) is 0 Å². The molecular weight excluding hydrogens is 262 g/mol. The SMILES string of the molecule is CCOc1cc(CNC(C)(C)C)ccc1OCC1CCC1. The molecule has 21 heavy (non-hydrogen) atoms. The van der Waals surface area contributed by atoms with Crippen LogP contribution in [0.3, 0.4) is 0 Å². The van der Waals surface area contributed by atoms with E-state index in [2.05, 4.69) is 38.2 Å². The summed E-state index contributed by atoms with van der Waals surface area (Å²) < 4.78 is 11.7. The second kappa shape index (κ2) is 7.17. The first-order valence-corrected chi connectivity index (χ1v) is 8.11. The Labute approximate surface area is 129 Å². The van der Waals surface area contributed by atoms with Crippen molar-refractivity contribution in [3.05, 3.63) is 23.8 Å². The fourth-order valence-corrected chi connectivity index (χ4v) is 2.28. The van der Waals surface area contributed by atoms with E-state index in [1.54, 1.807) is 0 Å². The molecule has 1 N–H and O–H groups in total. The van der Waals surface area contributed by atoms with Crippen LogP contribution in [0.5, 0.6) is 11.5 Å². The average Bonchev–Trinajstić information content (AvgIpc) is 2.36. The highest BCUT2D eigenvalue weighted by atomic mass is 16.5. The standard InChI is InChI=1S/C18H29NO2/c1-5-20-17-11-15(12-19-18(2,3)4)9-10-16(17)21-13-14-7-6-8-14/h9-11,14,19H,5-8,12-13H2,1-4H3. The van der Waals surface area contributed by atoms with Gasteiger partial charge in [-0.3, -0.25) is 0 Å². The van der Waals surface area contributed by atoms with Crippen LogP contribution in [0.2, 0.25) is 0 Å². The third kappa shape index (κ3) is 5.24. The molecule has 0 aromatic heterocycles. The second-order valence-electron chi connectivity index (χ2n) is 6.93. The number of ether oxygens (including phenoxy) is 2. The maximum absolute atomic E-state index is 5.95. The van der Waals surface area contributed by atoms with E-state index >= 15 is 0 Å². The lowest BCUT2D eigenvalue weighted by Crippen LogP contribution is -2.35. The molecule has 3 heteroatoms. The third-order valence-electron chi connectivity index (χ3n) is 3.83. The Balaban J connectivity index is 1.99. The maximum Gasteiger partial charge on any atom is 0.161 e. The maximum atomic E-state index is 5.95. The first kappa shape index (κ1) is 16.2. The number of benzene rings is 1. The van der Waals surface area contributed by atoms with E-state index < -0.39 is 0 Å². The van der Waals surface area contributed by atoms with Gasteiger partial charge in [-0.2, -0.15) is 0 Å². The van der Waals surface area contributed by atoms with Crippen molar-refractivity contribution in [2.75, 3.05) is 13.2 Å². The highest BCUT2D eigenvalue weighted by Crippen LogP contribution is 2.32. The Hall–Kier alpha value is -1.22. The molecule has 0 atom stereocenters. The molecule has 0 radical (unpaired) electrons. The number of nitrogens with one attached hydrogen (secondary N) is 1. The Morgan fingerprint density at radius 1 is 1.14 bits per heavy atom. The summed E-state index contributed by atoms with van der Waals surface area (Å²) in [6, 6.07) is 6.26. The van der Waals surface area contributed by atoms with Gasteiger partial charge in [0.1, 0.15) is 0 Å². The smallest absolute Gasteiger partial charge is 0.161 e. The summed E-state index contributed by atoms with van der Waals surface area (Å²) in [6.07, 6.45) is 3.96. The van der Waals surface area contributed by atoms with Gasteiger partial charge in [-0.25, -0.2) is 0 Å². The molecule has 0 heterocycles. The van der Waals surface area contributed by atoms with Gasteiger partial charge in [0.25, 0.3) is 0 Å². The van der Waals surface area contributed by atoms with Gasteiger partial charge >= 0.3 is 0 Å². The molecule has 0 saturated heterocycles. The molecule has 0 aliphatic heterocycles. The molecule has 1 aliphatic rings. The summed E-state index contributed by atoms with van der Waals surface area (Å²) >= 11 is 0. The summed E-state index contributed by atoms with van der Waals surface area (Å²) in [5, 5.41) is 3.50. The molecule has 118 valence electrons. The molecule has 1 aromatic rings. The summed E-state index contributed by atoms with van der Waals surface area (Å²) in [5.41, 5.74) is 1.34. The van der Waals surface area contributed by atoms with Crippen molar-refractivity contribution < 1.29 is 9.47 Å². The van der Waals surface area contributed by atoms with Crippen molar-refractivity contribution >= 4 is 0 Å². The van der Waals surface area contributed by atoms with Crippen molar-refractivity contribution in [3.63, 3.8) is 0 Å². The van der Waals surface area contributed by atoms with Crippen molar-refractivity contribution in [1.29, 1.82) is 0 Å². The van der Waals surface area contributed by atoms with Crippen LogP contribution in [0.4, 0.5) is 0 Å². The molecule has 0 spiro atoms. The predicted molar refractivity (Wildman–Crippen MR) is 87.0 cm³/mol. The largest absolute Gasteiger partial charge is 0.490 e. The lowest BCUT2D eigenvalue weighted by atomic mass is 9.86. The molecule has 2 rings (SSSR count). The van der Waals surface area contributed by atoms with Gasteiger partial charge in [-0.05, 0) is 64.2 Å².